The highest BCUT2D eigenvalue weighted by Gasteiger charge is 2.42. The third-order valence-corrected chi connectivity index (χ3v) is 4.27. The summed E-state index contributed by atoms with van der Waals surface area (Å²) in [6.07, 6.45) is 5.75. The molecule has 1 heterocycles. The molecule has 0 saturated heterocycles. The molecule has 0 aliphatic carbocycles. The highest BCUT2D eigenvalue weighted by Crippen LogP contribution is 2.32. The molecule has 112 valence electrons. The number of hydrogen-bond donors (Lipinski definition) is 0. The third-order valence-electron chi connectivity index (χ3n) is 4.27. The minimum absolute atomic E-state index is 0.0277. The highest BCUT2D eigenvalue weighted by atomic mass is 15.9. The van der Waals surface area contributed by atoms with E-state index in [9.17, 15) is 0 Å². The smallest absolute Gasteiger partial charge is 0.109 e. The molecule has 0 aromatic carbocycles. The first-order chi connectivity index (χ1) is 9.14. The summed E-state index contributed by atoms with van der Waals surface area (Å²) in [4.78, 5) is 2.56. The maximum Gasteiger partial charge on any atom is 0.109 e. The Bertz CT molecular complexity index is 288. The van der Waals surface area contributed by atoms with Crippen LogP contribution in [0.1, 0.15) is 48.0 Å². The van der Waals surface area contributed by atoms with Gasteiger partial charge in [0.2, 0.25) is 0 Å². The van der Waals surface area contributed by atoms with Gasteiger partial charge in [0.15, 0.2) is 0 Å². The third kappa shape index (κ3) is 2.81. The molecule has 1 aliphatic heterocycles. The molecule has 19 heavy (non-hydrogen) atoms. The predicted molar refractivity (Wildman–Crippen MR) is 82.2 cm³/mol. The van der Waals surface area contributed by atoms with Gasteiger partial charge in [-0.25, -0.2) is 5.01 Å². The van der Waals surface area contributed by atoms with E-state index in [0.29, 0.717) is 0 Å². The second-order valence-electron chi connectivity index (χ2n) is 4.88. The lowest BCUT2D eigenvalue weighted by atomic mass is 10.0. The number of likely N-dealkylation sites (N-methyl/N-ethyl adjacent to an activating group) is 2. The zero-order chi connectivity index (χ0) is 14.5. The van der Waals surface area contributed by atoms with E-state index in [0.717, 1.165) is 39.1 Å². The first kappa shape index (κ1) is 16.5. The van der Waals surface area contributed by atoms with Crippen molar-refractivity contribution in [3.63, 3.8) is 0 Å². The van der Waals surface area contributed by atoms with Crippen molar-refractivity contribution in [2.45, 2.75) is 53.6 Å². The fraction of sp³-hybridized carbons (Fsp3) is 0.867. The van der Waals surface area contributed by atoms with Gasteiger partial charge in [-0.1, -0.05) is 27.7 Å². The number of hydrogen-bond acceptors (Lipinski definition) is 4. The van der Waals surface area contributed by atoms with Crippen LogP contribution in [0.4, 0.5) is 0 Å². The van der Waals surface area contributed by atoms with Gasteiger partial charge in [-0.2, -0.15) is 5.12 Å². The van der Waals surface area contributed by atoms with Crippen LogP contribution < -0.4 is 0 Å². The second-order valence-corrected chi connectivity index (χ2v) is 4.88. The van der Waals surface area contributed by atoms with Crippen molar-refractivity contribution >= 4 is 0 Å². The van der Waals surface area contributed by atoms with Gasteiger partial charge in [-0.05, 0) is 39.4 Å². The fourth-order valence-corrected chi connectivity index (χ4v) is 3.33. The molecule has 0 radical (unpaired) electrons. The number of hydrazine groups is 2. The van der Waals surface area contributed by atoms with Gasteiger partial charge in [0.1, 0.15) is 5.66 Å². The van der Waals surface area contributed by atoms with Crippen molar-refractivity contribution in [2.24, 2.45) is 0 Å². The van der Waals surface area contributed by atoms with E-state index < -0.39 is 0 Å². The maximum atomic E-state index is 2.56. The molecule has 0 bridgehead atoms. The lowest BCUT2D eigenvalue weighted by Crippen LogP contribution is -2.69. The monoisotopic (exact) mass is 268 g/mol. The first-order valence-electron chi connectivity index (χ1n) is 7.90. The summed E-state index contributed by atoms with van der Waals surface area (Å²) in [5.41, 5.74) is 0.0277. The Morgan fingerprint density at radius 1 is 0.895 bits per heavy atom. The van der Waals surface area contributed by atoms with Crippen LogP contribution in [-0.2, 0) is 0 Å². The first-order valence-corrected chi connectivity index (χ1v) is 7.90. The SMILES string of the molecule is CCN1C=CC(CC)(N(CC)CC)N(CC)N1CC. The van der Waals surface area contributed by atoms with Crippen LogP contribution in [-0.4, -0.2) is 58.4 Å². The maximum absolute atomic E-state index is 2.56. The second kappa shape index (κ2) is 7.27. The molecule has 0 spiro atoms. The average Bonchev–Trinajstić information content (AvgIpc) is 2.47. The molecule has 0 N–H and O–H groups in total. The molecular formula is C15H32N4. The summed E-state index contributed by atoms with van der Waals surface area (Å²) in [6.45, 7) is 18.7. The summed E-state index contributed by atoms with van der Waals surface area (Å²) in [5.74, 6) is 0. The van der Waals surface area contributed by atoms with Crippen LogP contribution >= 0.6 is 0 Å². The lowest BCUT2D eigenvalue weighted by Gasteiger charge is -2.56. The van der Waals surface area contributed by atoms with Crippen LogP contribution in [0.2, 0.25) is 0 Å². The van der Waals surface area contributed by atoms with Gasteiger partial charge < -0.3 is 5.01 Å². The lowest BCUT2D eigenvalue weighted by molar-refractivity contribution is -0.243. The molecule has 0 aromatic heterocycles. The van der Waals surface area contributed by atoms with Gasteiger partial charge in [0, 0.05) is 25.8 Å². The van der Waals surface area contributed by atoms with Crippen LogP contribution in [0.25, 0.3) is 0 Å². The van der Waals surface area contributed by atoms with Gasteiger partial charge in [-0.15, -0.1) is 0 Å². The summed E-state index contributed by atoms with van der Waals surface area (Å²) in [7, 11) is 0. The normalized spacial score (nSPS) is 25.5. The van der Waals surface area contributed by atoms with E-state index in [1.807, 2.05) is 0 Å². The Hall–Kier alpha value is -0.580. The van der Waals surface area contributed by atoms with E-state index >= 15 is 0 Å². The summed E-state index contributed by atoms with van der Waals surface area (Å²) >= 11 is 0. The number of nitrogens with zero attached hydrogens (tertiary/aromatic N) is 4. The van der Waals surface area contributed by atoms with Crippen molar-refractivity contribution in [3.05, 3.63) is 12.3 Å². The Morgan fingerprint density at radius 3 is 1.89 bits per heavy atom. The molecule has 1 rings (SSSR count). The van der Waals surface area contributed by atoms with Gasteiger partial charge in [0.05, 0.1) is 0 Å². The summed E-state index contributed by atoms with van der Waals surface area (Å²) in [5, 5.41) is 7.21. The molecule has 1 unspecified atom stereocenters. The van der Waals surface area contributed by atoms with Gasteiger partial charge in [-0.3, -0.25) is 4.90 Å². The van der Waals surface area contributed by atoms with Crippen molar-refractivity contribution in [1.29, 1.82) is 0 Å². The van der Waals surface area contributed by atoms with E-state index in [1.165, 1.54) is 0 Å². The van der Waals surface area contributed by atoms with Crippen LogP contribution in [0.5, 0.6) is 0 Å². The average molecular weight is 268 g/mol. The van der Waals surface area contributed by atoms with Crippen LogP contribution in [0.3, 0.4) is 0 Å². The molecule has 0 saturated carbocycles. The Balaban J connectivity index is 3.21. The van der Waals surface area contributed by atoms with Gasteiger partial charge >= 0.3 is 0 Å². The standard InChI is InChI=1S/C15H32N4/c1-7-15(16(8-2)9-3)13-14-17(10-4)19(12-6)18(15)11-5/h13-14H,7-12H2,1-6H3. The minimum atomic E-state index is 0.0277. The van der Waals surface area contributed by atoms with Gasteiger partial charge in [0.25, 0.3) is 0 Å². The van der Waals surface area contributed by atoms with Crippen molar-refractivity contribution < 1.29 is 0 Å². The van der Waals surface area contributed by atoms with E-state index in [2.05, 4.69) is 73.9 Å². The molecule has 4 heteroatoms. The summed E-state index contributed by atoms with van der Waals surface area (Å²) in [6, 6.07) is 0. The molecule has 1 atom stereocenters. The molecule has 0 amide bonds. The highest BCUT2D eigenvalue weighted by molar-refractivity contribution is 5.08. The molecular weight excluding hydrogens is 236 g/mol. The topological polar surface area (TPSA) is 13.0 Å². The van der Waals surface area contributed by atoms with Crippen molar-refractivity contribution in [2.75, 3.05) is 32.7 Å². The zero-order valence-electron chi connectivity index (χ0n) is 13.7. The minimum Gasteiger partial charge on any atom is -0.300 e. The quantitative estimate of drug-likeness (QED) is 0.704. The molecule has 0 fully saturated rings. The molecule has 0 aromatic rings. The zero-order valence-corrected chi connectivity index (χ0v) is 13.7. The molecule has 4 nitrogen and oxygen atoms in total. The number of rotatable bonds is 7. The van der Waals surface area contributed by atoms with Crippen molar-refractivity contribution in [3.8, 4) is 0 Å². The summed E-state index contributed by atoms with van der Waals surface area (Å²) < 4.78 is 0. The van der Waals surface area contributed by atoms with Crippen molar-refractivity contribution in [1.82, 2.24) is 20.0 Å². The Labute approximate surface area is 119 Å². The Morgan fingerprint density at radius 2 is 1.53 bits per heavy atom. The van der Waals surface area contributed by atoms with E-state index in [4.69, 9.17) is 0 Å². The van der Waals surface area contributed by atoms with E-state index in [-0.39, 0.29) is 5.66 Å². The largest absolute Gasteiger partial charge is 0.300 e. The molecule has 1 aliphatic rings. The Kier molecular flexibility index (Phi) is 6.30. The van der Waals surface area contributed by atoms with Crippen LogP contribution in [0, 0.1) is 0 Å². The fourth-order valence-electron chi connectivity index (χ4n) is 3.33. The predicted octanol–water partition coefficient (Wildman–Crippen LogP) is 2.76. The van der Waals surface area contributed by atoms with E-state index in [1.54, 1.807) is 0 Å². The van der Waals surface area contributed by atoms with Crippen LogP contribution in [0.15, 0.2) is 12.3 Å².